The van der Waals surface area contributed by atoms with Crippen LogP contribution in [0.25, 0.3) is 0 Å². The Morgan fingerprint density at radius 1 is 0.775 bits per heavy atom. The molecule has 3 aromatic rings. The number of carbonyl (C=O) groups excluding carboxylic acids is 2. The zero-order valence-corrected chi connectivity index (χ0v) is 24.0. The second-order valence-electron chi connectivity index (χ2n) is 12.0. The Morgan fingerprint density at radius 3 is 1.90 bits per heavy atom. The van der Waals surface area contributed by atoms with Crippen molar-refractivity contribution in [3.05, 3.63) is 89.5 Å². The monoisotopic (exact) mass is 540 g/mol. The average molecular weight is 541 g/mol. The summed E-state index contributed by atoms with van der Waals surface area (Å²) in [5, 5.41) is 6.28. The molecule has 0 spiro atoms. The summed E-state index contributed by atoms with van der Waals surface area (Å²) >= 11 is 0. The van der Waals surface area contributed by atoms with Crippen LogP contribution in [0.2, 0.25) is 0 Å². The smallest absolute Gasteiger partial charge is 0.255 e. The number of benzene rings is 3. The second-order valence-corrected chi connectivity index (χ2v) is 12.0. The molecule has 2 aliphatic rings. The lowest BCUT2D eigenvalue weighted by Gasteiger charge is -2.43. The van der Waals surface area contributed by atoms with Crippen LogP contribution in [-0.4, -0.2) is 55.5 Å². The quantitative estimate of drug-likeness (QED) is 0.404. The molecule has 40 heavy (non-hydrogen) atoms. The summed E-state index contributed by atoms with van der Waals surface area (Å²) < 4.78 is 5.87. The Bertz CT molecular complexity index is 1320. The number of nitrogens with zero attached hydrogens (tertiary/aromatic N) is 2. The fourth-order valence-electron chi connectivity index (χ4n) is 5.30. The summed E-state index contributed by atoms with van der Waals surface area (Å²) in [6, 6.07) is 22.9. The van der Waals surface area contributed by atoms with Gasteiger partial charge in [-0.1, -0.05) is 12.1 Å². The molecule has 1 aliphatic carbocycles. The number of hydrogen-bond acceptors (Lipinski definition) is 5. The molecule has 210 valence electrons. The van der Waals surface area contributed by atoms with Gasteiger partial charge in [-0.3, -0.25) is 9.59 Å². The molecule has 7 nitrogen and oxygen atoms in total. The van der Waals surface area contributed by atoms with Crippen molar-refractivity contribution in [3.63, 3.8) is 0 Å². The molecule has 0 atom stereocenters. The Hall–Kier alpha value is -3.84. The minimum atomic E-state index is -0.390. The summed E-state index contributed by atoms with van der Waals surface area (Å²) in [4.78, 5) is 30.7. The number of amides is 2. The normalized spacial score (nSPS) is 17.1. The van der Waals surface area contributed by atoms with E-state index in [1.165, 1.54) is 0 Å². The van der Waals surface area contributed by atoms with Gasteiger partial charge in [0.1, 0.15) is 11.4 Å². The molecular weight excluding hydrogens is 500 g/mol. The molecule has 2 amide bonds. The molecule has 2 fully saturated rings. The van der Waals surface area contributed by atoms with Crippen molar-refractivity contribution < 1.29 is 14.3 Å². The van der Waals surface area contributed by atoms with Crippen LogP contribution in [0.3, 0.4) is 0 Å². The van der Waals surface area contributed by atoms with E-state index in [2.05, 4.69) is 27.5 Å². The summed E-state index contributed by atoms with van der Waals surface area (Å²) in [5.41, 5.74) is 3.48. The lowest BCUT2D eigenvalue weighted by Crippen LogP contribution is -2.50. The van der Waals surface area contributed by atoms with Crippen molar-refractivity contribution in [1.82, 2.24) is 10.2 Å². The molecule has 1 saturated heterocycles. The van der Waals surface area contributed by atoms with Crippen molar-refractivity contribution in [1.29, 1.82) is 0 Å². The zero-order valence-electron chi connectivity index (χ0n) is 24.0. The van der Waals surface area contributed by atoms with E-state index >= 15 is 0 Å². The molecule has 0 bridgehead atoms. The highest BCUT2D eigenvalue weighted by atomic mass is 16.5. The number of hydrogen-bond donors (Lipinski definition) is 2. The third kappa shape index (κ3) is 6.48. The molecule has 7 heteroatoms. The van der Waals surface area contributed by atoms with Crippen molar-refractivity contribution in [2.75, 3.05) is 43.4 Å². The molecule has 2 N–H and O–H groups in total. The number of piperazine rings is 1. The highest BCUT2D eigenvalue weighted by Crippen LogP contribution is 2.42. The number of anilines is 2. The van der Waals surface area contributed by atoms with Crippen molar-refractivity contribution >= 4 is 23.2 Å². The molecule has 1 heterocycles. The number of rotatable bonds is 7. The fraction of sp³-hybridized carbons (Fsp3) is 0.394. The van der Waals surface area contributed by atoms with Gasteiger partial charge in [-0.2, -0.15) is 0 Å². The molecule has 0 unspecified atom stereocenters. The average Bonchev–Trinajstić information content (AvgIpc) is 2.91. The van der Waals surface area contributed by atoms with Gasteiger partial charge in [0.2, 0.25) is 0 Å². The molecule has 0 aromatic heterocycles. The maximum atomic E-state index is 13.1. The minimum Gasteiger partial charge on any atom is -0.488 e. The van der Waals surface area contributed by atoms with E-state index < -0.39 is 0 Å². The van der Waals surface area contributed by atoms with Crippen LogP contribution in [0.4, 0.5) is 11.4 Å². The summed E-state index contributed by atoms with van der Waals surface area (Å²) in [6.45, 7) is 10.1. The van der Waals surface area contributed by atoms with Gasteiger partial charge in [0, 0.05) is 48.7 Å². The van der Waals surface area contributed by atoms with Crippen molar-refractivity contribution in [2.24, 2.45) is 0 Å². The van der Waals surface area contributed by atoms with Crippen molar-refractivity contribution in [2.45, 2.75) is 51.2 Å². The standard InChI is InChI=1S/C33H40N4O3/c1-32(2,3)40-29-16-8-25(9-17-29)31(39)35-33(18-5-19-33)26-10-12-27(13-11-26)34-30(38)24-6-14-28(15-7-24)37-22-20-36(4)21-23-37/h6-17H,5,18-23H2,1-4H3,(H,34,38)(H,35,39). The Morgan fingerprint density at radius 2 is 1.35 bits per heavy atom. The largest absolute Gasteiger partial charge is 0.488 e. The van der Waals surface area contributed by atoms with E-state index in [1.54, 1.807) is 12.1 Å². The second kappa shape index (κ2) is 11.3. The van der Waals surface area contributed by atoms with E-state index in [-0.39, 0.29) is 23.0 Å². The van der Waals surface area contributed by atoms with Crippen LogP contribution in [0, 0.1) is 0 Å². The van der Waals surface area contributed by atoms with E-state index in [9.17, 15) is 9.59 Å². The number of carbonyl (C=O) groups is 2. The topological polar surface area (TPSA) is 73.9 Å². The zero-order chi connectivity index (χ0) is 28.3. The van der Waals surface area contributed by atoms with E-state index in [0.717, 1.165) is 68.1 Å². The Kier molecular flexibility index (Phi) is 7.86. The lowest BCUT2D eigenvalue weighted by atomic mass is 9.71. The van der Waals surface area contributed by atoms with Gasteiger partial charge < -0.3 is 25.2 Å². The van der Waals surface area contributed by atoms with Crippen LogP contribution >= 0.6 is 0 Å². The first-order chi connectivity index (χ1) is 19.1. The fourth-order valence-corrected chi connectivity index (χ4v) is 5.30. The summed E-state index contributed by atoms with van der Waals surface area (Å²) in [5.74, 6) is 0.508. The van der Waals surface area contributed by atoms with Gasteiger partial charge in [-0.15, -0.1) is 0 Å². The van der Waals surface area contributed by atoms with Gasteiger partial charge in [-0.05, 0) is 113 Å². The maximum absolute atomic E-state index is 13.1. The van der Waals surface area contributed by atoms with Crippen LogP contribution in [0.1, 0.15) is 66.3 Å². The van der Waals surface area contributed by atoms with Gasteiger partial charge in [0.25, 0.3) is 11.8 Å². The van der Waals surface area contributed by atoms with E-state index in [1.807, 2.05) is 81.4 Å². The van der Waals surface area contributed by atoms with Gasteiger partial charge >= 0.3 is 0 Å². The minimum absolute atomic E-state index is 0.0978. The van der Waals surface area contributed by atoms with Crippen LogP contribution < -0.4 is 20.3 Å². The molecule has 1 saturated carbocycles. The Balaban J connectivity index is 1.19. The van der Waals surface area contributed by atoms with E-state index in [4.69, 9.17) is 4.74 Å². The first-order valence-corrected chi connectivity index (χ1v) is 14.2. The van der Waals surface area contributed by atoms with Crippen LogP contribution in [0.5, 0.6) is 5.75 Å². The summed E-state index contributed by atoms with van der Waals surface area (Å²) in [7, 11) is 2.14. The SMILES string of the molecule is CN1CCN(c2ccc(C(=O)Nc3ccc(C4(NC(=O)c5ccc(OC(C)(C)C)cc5)CCC4)cc3)cc2)CC1. The molecule has 0 radical (unpaired) electrons. The lowest BCUT2D eigenvalue weighted by molar-refractivity contribution is 0.0823. The third-order valence-electron chi connectivity index (χ3n) is 7.79. The first-order valence-electron chi connectivity index (χ1n) is 14.2. The highest BCUT2D eigenvalue weighted by molar-refractivity contribution is 6.04. The van der Waals surface area contributed by atoms with Crippen LogP contribution in [-0.2, 0) is 5.54 Å². The number of ether oxygens (including phenoxy) is 1. The van der Waals surface area contributed by atoms with Crippen LogP contribution in [0.15, 0.2) is 72.8 Å². The van der Waals surface area contributed by atoms with Gasteiger partial charge in [0.15, 0.2) is 0 Å². The van der Waals surface area contributed by atoms with Gasteiger partial charge in [0.05, 0.1) is 5.54 Å². The third-order valence-corrected chi connectivity index (χ3v) is 7.79. The molecule has 3 aromatic carbocycles. The molecule has 5 rings (SSSR count). The predicted molar refractivity (Wildman–Crippen MR) is 160 cm³/mol. The molecule has 1 aliphatic heterocycles. The van der Waals surface area contributed by atoms with Crippen molar-refractivity contribution in [3.8, 4) is 5.75 Å². The highest BCUT2D eigenvalue weighted by Gasteiger charge is 2.40. The Labute approximate surface area is 237 Å². The summed E-state index contributed by atoms with van der Waals surface area (Å²) in [6.07, 6.45) is 2.83. The van der Waals surface area contributed by atoms with E-state index in [0.29, 0.717) is 11.1 Å². The number of likely N-dealkylation sites (N-methyl/N-ethyl adjacent to an activating group) is 1. The first kappa shape index (κ1) is 27.7. The number of nitrogens with one attached hydrogen (secondary N) is 2. The maximum Gasteiger partial charge on any atom is 0.255 e. The predicted octanol–water partition coefficient (Wildman–Crippen LogP) is 5.68. The molecular formula is C33H40N4O3. The van der Waals surface area contributed by atoms with Gasteiger partial charge in [-0.25, -0.2) is 0 Å².